The number of amides is 1. The van der Waals surface area contributed by atoms with Crippen LogP contribution in [0, 0.1) is 11.8 Å². The van der Waals surface area contributed by atoms with Crippen molar-refractivity contribution in [2.45, 2.75) is 25.7 Å². The van der Waals surface area contributed by atoms with E-state index in [1.165, 1.54) is 19.3 Å². The topological polar surface area (TPSA) is 81.0 Å². The number of carbonyl (C=O) groups is 1. The quantitative estimate of drug-likeness (QED) is 0.785. The Bertz CT molecular complexity index is 788. The van der Waals surface area contributed by atoms with Crippen molar-refractivity contribution in [2.24, 2.45) is 11.8 Å². The number of nitrogens with zero attached hydrogens (tertiary/aromatic N) is 1. The molecule has 24 heavy (non-hydrogen) atoms. The van der Waals surface area contributed by atoms with Crippen LogP contribution in [0.4, 0.5) is 0 Å². The minimum Gasteiger partial charge on any atom is -0.338 e. The van der Waals surface area contributed by atoms with Crippen molar-refractivity contribution in [1.29, 1.82) is 0 Å². The van der Waals surface area contributed by atoms with Crippen molar-refractivity contribution in [3.8, 4) is 0 Å². The summed E-state index contributed by atoms with van der Waals surface area (Å²) in [6, 6.07) is 5.45. The molecular weight excluding hydrogens is 304 g/mol. The van der Waals surface area contributed by atoms with Gasteiger partial charge in [-0.2, -0.15) is 0 Å². The van der Waals surface area contributed by atoms with E-state index in [4.69, 9.17) is 0 Å². The van der Waals surface area contributed by atoms with Gasteiger partial charge >= 0.3 is 5.69 Å². The van der Waals surface area contributed by atoms with Crippen LogP contribution in [0.15, 0.2) is 23.0 Å². The molecule has 2 saturated heterocycles. The van der Waals surface area contributed by atoms with Gasteiger partial charge in [-0.15, -0.1) is 0 Å². The molecule has 2 aliphatic rings. The first kappa shape index (κ1) is 15.4. The Labute approximate surface area is 140 Å². The summed E-state index contributed by atoms with van der Waals surface area (Å²) in [7, 11) is 0. The smallest absolute Gasteiger partial charge is 0.323 e. The summed E-state index contributed by atoms with van der Waals surface area (Å²) in [5.74, 6) is 1.29. The second-order valence-electron chi connectivity index (χ2n) is 7.07. The lowest BCUT2D eigenvalue weighted by atomic mass is 9.81. The van der Waals surface area contributed by atoms with Gasteiger partial charge in [0.25, 0.3) is 5.91 Å². The average molecular weight is 328 g/mol. The number of rotatable bonds is 2. The minimum absolute atomic E-state index is 0.0318. The molecule has 128 valence electrons. The standard InChI is InChI=1S/C18H24N4O2/c23-17(14-6-1-7-15-16(14)21-18(24)20-15)22-9-3-5-13(11-22)12-4-2-8-19-10-12/h1,6-7,12-13,19H,2-5,8-11H2,(H2,20,21,24). The number of imidazole rings is 1. The van der Waals surface area contributed by atoms with Gasteiger partial charge in [0.15, 0.2) is 0 Å². The van der Waals surface area contributed by atoms with Gasteiger partial charge in [-0.1, -0.05) is 6.07 Å². The molecule has 3 N–H and O–H groups in total. The summed E-state index contributed by atoms with van der Waals surface area (Å²) in [4.78, 5) is 32.0. The van der Waals surface area contributed by atoms with E-state index in [1.807, 2.05) is 17.0 Å². The third-order valence-corrected chi connectivity index (χ3v) is 5.53. The average Bonchev–Trinajstić information content (AvgIpc) is 3.02. The van der Waals surface area contributed by atoms with Gasteiger partial charge in [0.2, 0.25) is 0 Å². The molecule has 2 aromatic rings. The fourth-order valence-corrected chi connectivity index (χ4v) is 4.27. The summed E-state index contributed by atoms with van der Waals surface area (Å²) in [5.41, 5.74) is 1.63. The minimum atomic E-state index is -0.268. The van der Waals surface area contributed by atoms with Gasteiger partial charge in [-0.25, -0.2) is 4.79 Å². The molecule has 0 aliphatic carbocycles. The van der Waals surface area contributed by atoms with E-state index < -0.39 is 0 Å². The highest BCUT2D eigenvalue weighted by molar-refractivity contribution is 6.04. The van der Waals surface area contributed by atoms with Crippen LogP contribution in [-0.2, 0) is 0 Å². The van der Waals surface area contributed by atoms with E-state index in [1.54, 1.807) is 6.07 Å². The molecule has 1 aromatic carbocycles. The van der Waals surface area contributed by atoms with Crippen LogP contribution in [0.1, 0.15) is 36.0 Å². The number of hydrogen-bond donors (Lipinski definition) is 3. The third kappa shape index (κ3) is 2.86. The molecule has 2 unspecified atom stereocenters. The van der Waals surface area contributed by atoms with Crippen molar-refractivity contribution in [1.82, 2.24) is 20.2 Å². The van der Waals surface area contributed by atoms with E-state index in [2.05, 4.69) is 15.3 Å². The number of H-pyrrole nitrogens is 2. The summed E-state index contributed by atoms with van der Waals surface area (Å²) < 4.78 is 0. The number of aromatic amines is 2. The Morgan fingerprint density at radius 3 is 2.83 bits per heavy atom. The Morgan fingerprint density at radius 1 is 1.12 bits per heavy atom. The molecule has 0 spiro atoms. The molecule has 6 heteroatoms. The monoisotopic (exact) mass is 328 g/mol. The molecule has 3 heterocycles. The zero-order valence-electron chi connectivity index (χ0n) is 13.8. The van der Waals surface area contributed by atoms with Crippen LogP contribution in [0.2, 0.25) is 0 Å². The van der Waals surface area contributed by atoms with E-state index in [9.17, 15) is 9.59 Å². The normalized spacial score (nSPS) is 25.1. The van der Waals surface area contributed by atoms with Crippen LogP contribution < -0.4 is 11.0 Å². The molecule has 0 saturated carbocycles. The molecule has 1 amide bonds. The maximum atomic E-state index is 13.0. The first-order valence-electron chi connectivity index (χ1n) is 8.93. The maximum absolute atomic E-state index is 13.0. The molecule has 2 fully saturated rings. The van der Waals surface area contributed by atoms with Gasteiger partial charge < -0.3 is 20.2 Å². The van der Waals surface area contributed by atoms with Crippen molar-refractivity contribution >= 4 is 16.9 Å². The fraction of sp³-hybridized carbons (Fsp3) is 0.556. The van der Waals surface area contributed by atoms with Gasteiger partial charge in [0, 0.05) is 13.1 Å². The first-order chi connectivity index (χ1) is 11.7. The van der Waals surface area contributed by atoms with Gasteiger partial charge in [0.1, 0.15) is 0 Å². The number of aromatic nitrogens is 2. The number of hydrogen-bond acceptors (Lipinski definition) is 3. The number of benzene rings is 1. The number of likely N-dealkylation sites (tertiary alicyclic amines) is 1. The number of carbonyl (C=O) groups excluding carboxylic acids is 1. The van der Waals surface area contributed by atoms with Gasteiger partial charge in [0.05, 0.1) is 16.6 Å². The predicted molar refractivity (Wildman–Crippen MR) is 93.1 cm³/mol. The third-order valence-electron chi connectivity index (χ3n) is 5.53. The van der Waals surface area contributed by atoms with E-state index >= 15 is 0 Å². The molecule has 4 rings (SSSR count). The lowest BCUT2D eigenvalue weighted by Crippen LogP contribution is -2.45. The van der Waals surface area contributed by atoms with Crippen LogP contribution in [0.3, 0.4) is 0 Å². The Kier molecular flexibility index (Phi) is 4.14. The predicted octanol–water partition coefficient (Wildman–Crippen LogP) is 1.71. The van der Waals surface area contributed by atoms with Crippen LogP contribution >= 0.6 is 0 Å². The fourth-order valence-electron chi connectivity index (χ4n) is 4.27. The van der Waals surface area contributed by atoms with Gasteiger partial charge in [-0.3, -0.25) is 4.79 Å². The second kappa shape index (κ2) is 6.43. The van der Waals surface area contributed by atoms with Crippen LogP contribution in [0.5, 0.6) is 0 Å². The Hall–Kier alpha value is -2.08. The summed E-state index contributed by atoms with van der Waals surface area (Å²) in [6.07, 6.45) is 4.77. The SMILES string of the molecule is O=C(c1cccc2[nH]c(=O)[nH]c12)N1CCCC(C2CCCNC2)C1. The van der Waals surface area contributed by atoms with E-state index in [0.29, 0.717) is 28.4 Å². The molecule has 1 aromatic heterocycles. The summed E-state index contributed by atoms with van der Waals surface area (Å²) in [6.45, 7) is 3.83. The highest BCUT2D eigenvalue weighted by atomic mass is 16.2. The zero-order valence-corrected chi connectivity index (χ0v) is 13.8. The highest BCUT2D eigenvalue weighted by Gasteiger charge is 2.31. The van der Waals surface area contributed by atoms with Gasteiger partial charge in [-0.05, 0) is 62.7 Å². The molecular formula is C18H24N4O2. The second-order valence-corrected chi connectivity index (χ2v) is 7.07. The summed E-state index contributed by atoms with van der Waals surface area (Å²) >= 11 is 0. The van der Waals surface area contributed by atoms with Crippen molar-refractivity contribution in [3.63, 3.8) is 0 Å². The maximum Gasteiger partial charge on any atom is 0.323 e. The first-order valence-corrected chi connectivity index (χ1v) is 8.93. The number of fused-ring (bicyclic) bond motifs is 1. The molecule has 2 atom stereocenters. The Balaban J connectivity index is 1.55. The lowest BCUT2D eigenvalue weighted by molar-refractivity contribution is 0.0611. The number of piperidine rings is 2. The molecule has 6 nitrogen and oxygen atoms in total. The summed E-state index contributed by atoms with van der Waals surface area (Å²) in [5, 5.41) is 3.49. The van der Waals surface area contributed by atoms with Crippen molar-refractivity contribution in [2.75, 3.05) is 26.2 Å². The zero-order chi connectivity index (χ0) is 16.5. The van der Waals surface area contributed by atoms with Crippen LogP contribution in [0.25, 0.3) is 11.0 Å². The van der Waals surface area contributed by atoms with Crippen molar-refractivity contribution in [3.05, 3.63) is 34.2 Å². The van der Waals surface area contributed by atoms with Crippen LogP contribution in [-0.4, -0.2) is 47.0 Å². The lowest BCUT2D eigenvalue weighted by Gasteiger charge is -2.38. The van der Waals surface area contributed by atoms with E-state index in [0.717, 1.165) is 32.6 Å². The molecule has 2 aliphatic heterocycles. The number of nitrogens with one attached hydrogen (secondary N) is 3. The molecule has 0 bridgehead atoms. The van der Waals surface area contributed by atoms with E-state index in [-0.39, 0.29) is 11.6 Å². The van der Waals surface area contributed by atoms with Crippen molar-refractivity contribution < 1.29 is 4.79 Å². The highest BCUT2D eigenvalue weighted by Crippen LogP contribution is 2.29. The molecule has 0 radical (unpaired) electrons. The largest absolute Gasteiger partial charge is 0.338 e. The Morgan fingerprint density at radius 2 is 2.00 bits per heavy atom. The number of para-hydroxylation sites is 1.